The first-order valence-electron chi connectivity index (χ1n) is 24.0. The lowest BCUT2D eigenvalue weighted by atomic mass is 10.1. The van der Waals surface area contributed by atoms with Crippen LogP contribution < -0.4 is 0 Å². The maximum absolute atomic E-state index is 12.7. The molecule has 0 saturated heterocycles. The second-order valence-corrected chi connectivity index (χ2v) is 15.5. The third kappa shape index (κ3) is 45.2. The summed E-state index contributed by atoms with van der Waals surface area (Å²) >= 11 is 0. The minimum atomic E-state index is -0.809. The lowest BCUT2D eigenvalue weighted by molar-refractivity contribution is -0.167. The van der Waals surface area contributed by atoms with Crippen molar-refractivity contribution in [2.75, 3.05) is 13.2 Å². The maximum Gasteiger partial charge on any atom is 0.306 e. The van der Waals surface area contributed by atoms with E-state index in [-0.39, 0.29) is 31.1 Å². The molecule has 0 radical (unpaired) electrons. The lowest BCUT2D eigenvalue weighted by Gasteiger charge is -2.18. The zero-order valence-electron chi connectivity index (χ0n) is 38.4. The van der Waals surface area contributed by atoms with Gasteiger partial charge in [0, 0.05) is 19.3 Å². The summed E-state index contributed by atoms with van der Waals surface area (Å²) in [5.74, 6) is -0.993. The average molecular weight is 831 g/mol. The van der Waals surface area contributed by atoms with Crippen molar-refractivity contribution >= 4 is 17.9 Å². The van der Waals surface area contributed by atoms with Crippen molar-refractivity contribution in [1.82, 2.24) is 0 Å². The van der Waals surface area contributed by atoms with Crippen LogP contribution in [0.15, 0.2) is 109 Å². The average Bonchev–Trinajstić information content (AvgIpc) is 3.24. The molecular weight excluding hydrogens is 745 g/mol. The molecule has 0 saturated carbocycles. The van der Waals surface area contributed by atoms with Crippen molar-refractivity contribution in [1.29, 1.82) is 0 Å². The molecule has 0 aromatic carbocycles. The van der Waals surface area contributed by atoms with Crippen molar-refractivity contribution in [2.45, 2.75) is 200 Å². The van der Waals surface area contributed by atoms with Crippen molar-refractivity contribution in [3.63, 3.8) is 0 Å². The largest absolute Gasteiger partial charge is 0.462 e. The highest BCUT2D eigenvalue weighted by molar-refractivity contribution is 5.71. The Morgan fingerprint density at radius 2 is 0.683 bits per heavy atom. The van der Waals surface area contributed by atoms with Crippen LogP contribution in [0.5, 0.6) is 0 Å². The van der Waals surface area contributed by atoms with Crippen LogP contribution in [-0.2, 0) is 28.6 Å². The molecule has 0 N–H and O–H groups in total. The Bertz CT molecular complexity index is 1280. The van der Waals surface area contributed by atoms with Crippen LogP contribution in [0.25, 0.3) is 0 Å². The summed E-state index contributed by atoms with van der Waals surface area (Å²) in [5.41, 5.74) is 0. The monoisotopic (exact) mass is 831 g/mol. The molecule has 0 aliphatic rings. The van der Waals surface area contributed by atoms with Crippen LogP contribution in [0.4, 0.5) is 0 Å². The molecule has 0 aliphatic heterocycles. The van der Waals surface area contributed by atoms with E-state index < -0.39 is 6.10 Å². The topological polar surface area (TPSA) is 78.9 Å². The first-order valence-corrected chi connectivity index (χ1v) is 24.0. The highest BCUT2D eigenvalue weighted by atomic mass is 16.6. The van der Waals surface area contributed by atoms with Gasteiger partial charge in [-0.1, -0.05) is 201 Å². The normalized spacial score (nSPS) is 13.1. The van der Waals surface area contributed by atoms with Gasteiger partial charge in [-0.2, -0.15) is 0 Å². The Hall–Kier alpha value is -3.93. The Labute approximate surface area is 368 Å². The second kappa shape index (κ2) is 47.7. The van der Waals surface area contributed by atoms with Crippen molar-refractivity contribution in [2.24, 2.45) is 0 Å². The molecule has 338 valence electrons. The number of esters is 3. The SMILES string of the molecule is CC\C=C/C=C\C=C/C=C\C=C\C=C/C=C\CCCCCC(=O)OCC(COC(=O)CCCCCC/C=C\CCCC)OC(=O)CCCCC/C=C\CCCCCCCC. The predicted molar refractivity (Wildman–Crippen MR) is 256 cm³/mol. The summed E-state index contributed by atoms with van der Waals surface area (Å²) in [6.07, 6.45) is 63.5. The minimum absolute atomic E-state index is 0.107. The molecule has 6 heteroatoms. The lowest BCUT2D eigenvalue weighted by Crippen LogP contribution is -2.30. The molecule has 0 aliphatic carbocycles. The number of hydrogen-bond acceptors (Lipinski definition) is 6. The van der Waals surface area contributed by atoms with Gasteiger partial charge in [0.15, 0.2) is 6.10 Å². The van der Waals surface area contributed by atoms with Crippen LogP contribution in [0.2, 0.25) is 0 Å². The molecule has 0 heterocycles. The number of rotatable bonds is 41. The van der Waals surface area contributed by atoms with Crippen LogP contribution in [-0.4, -0.2) is 37.2 Å². The van der Waals surface area contributed by atoms with E-state index in [0.717, 1.165) is 103 Å². The zero-order valence-corrected chi connectivity index (χ0v) is 38.4. The van der Waals surface area contributed by atoms with Gasteiger partial charge in [-0.3, -0.25) is 14.4 Å². The van der Waals surface area contributed by atoms with Gasteiger partial charge in [0.1, 0.15) is 13.2 Å². The fourth-order valence-corrected chi connectivity index (χ4v) is 6.05. The molecule has 60 heavy (non-hydrogen) atoms. The Kier molecular flexibility index (Phi) is 44.6. The Morgan fingerprint density at radius 1 is 0.350 bits per heavy atom. The molecule has 0 bridgehead atoms. The minimum Gasteiger partial charge on any atom is -0.462 e. The molecule has 1 unspecified atom stereocenters. The van der Waals surface area contributed by atoms with E-state index in [1.165, 1.54) is 51.4 Å². The molecule has 0 fully saturated rings. The standard InChI is InChI=1S/C54H86O6/c1-4-7-10-13-16-19-22-24-25-26-27-28-29-31-32-35-38-41-44-47-53(56)59-50-51(49-58-52(55)46-43-40-37-34-21-18-15-12-9-6-3)60-54(57)48-45-42-39-36-33-30-23-20-17-14-11-8-5-2/h7,10,13,15-16,18-19,22,24-33,51H,4-6,8-9,11-12,14,17,20-21,23,34-50H2,1-3H3/b10-7-,16-13-,18-15-,22-19-,25-24-,27-26+,29-28-,32-31-,33-30-. The summed E-state index contributed by atoms with van der Waals surface area (Å²) in [6, 6.07) is 0. The van der Waals surface area contributed by atoms with Crippen LogP contribution in [0.1, 0.15) is 194 Å². The van der Waals surface area contributed by atoms with Gasteiger partial charge in [-0.25, -0.2) is 0 Å². The summed E-state index contributed by atoms with van der Waals surface area (Å²) in [5, 5.41) is 0. The number of unbranched alkanes of at least 4 members (excludes halogenated alkanes) is 18. The first-order chi connectivity index (χ1) is 29.5. The smallest absolute Gasteiger partial charge is 0.306 e. The third-order valence-electron chi connectivity index (χ3n) is 9.68. The second-order valence-electron chi connectivity index (χ2n) is 15.5. The van der Waals surface area contributed by atoms with Crippen LogP contribution >= 0.6 is 0 Å². The van der Waals surface area contributed by atoms with Gasteiger partial charge in [0.25, 0.3) is 0 Å². The van der Waals surface area contributed by atoms with Gasteiger partial charge in [-0.15, -0.1) is 0 Å². The van der Waals surface area contributed by atoms with Crippen molar-refractivity contribution in [3.05, 3.63) is 109 Å². The van der Waals surface area contributed by atoms with Gasteiger partial charge < -0.3 is 14.2 Å². The van der Waals surface area contributed by atoms with Crippen molar-refractivity contribution in [3.8, 4) is 0 Å². The van der Waals surface area contributed by atoms with E-state index >= 15 is 0 Å². The highest BCUT2D eigenvalue weighted by Gasteiger charge is 2.19. The Balaban J connectivity index is 4.52. The quantitative estimate of drug-likeness (QED) is 0.0201. The molecule has 0 aromatic rings. The third-order valence-corrected chi connectivity index (χ3v) is 9.68. The van der Waals surface area contributed by atoms with Gasteiger partial charge in [0.05, 0.1) is 0 Å². The summed E-state index contributed by atoms with van der Waals surface area (Å²) in [7, 11) is 0. The summed E-state index contributed by atoms with van der Waals surface area (Å²) in [4.78, 5) is 37.8. The van der Waals surface area contributed by atoms with Gasteiger partial charge >= 0.3 is 17.9 Å². The van der Waals surface area contributed by atoms with E-state index in [1.54, 1.807) is 0 Å². The van der Waals surface area contributed by atoms with Crippen LogP contribution in [0.3, 0.4) is 0 Å². The van der Waals surface area contributed by atoms with Gasteiger partial charge in [0.2, 0.25) is 0 Å². The van der Waals surface area contributed by atoms with Gasteiger partial charge in [-0.05, 0) is 83.5 Å². The van der Waals surface area contributed by atoms with E-state index in [9.17, 15) is 14.4 Å². The molecule has 6 nitrogen and oxygen atoms in total. The molecule has 0 aromatic heterocycles. The maximum atomic E-state index is 12.7. The van der Waals surface area contributed by atoms with E-state index in [2.05, 4.69) is 57.2 Å². The predicted octanol–water partition coefficient (Wildman–Crippen LogP) is 15.6. The summed E-state index contributed by atoms with van der Waals surface area (Å²) in [6.45, 7) is 6.35. The number of hydrogen-bond donors (Lipinski definition) is 0. The number of allylic oxidation sites excluding steroid dienone is 18. The molecule has 0 rings (SSSR count). The molecule has 0 amide bonds. The molecule has 0 spiro atoms. The fourth-order valence-electron chi connectivity index (χ4n) is 6.05. The fraction of sp³-hybridized carbons (Fsp3) is 0.611. The Morgan fingerprint density at radius 3 is 1.13 bits per heavy atom. The van der Waals surface area contributed by atoms with E-state index in [4.69, 9.17) is 14.2 Å². The number of carbonyl (C=O) groups excluding carboxylic acids is 3. The highest BCUT2D eigenvalue weighted by Crippen LogP contribution is 2.12. The molecule has 1 atom stereocenters. The summed E-state index contributed by atoms with van der Waals surface area (Å²) < 4.78 is 16.7. The van der Waals surface area contributed by atoms with E-state index in [1.807, 2.05) is 72.9 Å². The van der Waals surface area contributed by atoms with Crippen molar-refractivity contribution < 1.29 is 28.6 Å². The molecular formula is C54H86O6. The zero-order chi connectivity index (χ0) is 43.7. The van der Waals surface area contributed by atoms with E-state index in [0.29, 0.717) is 19.3 Å². The number of ether oxygens (including phenoxy) is 3. The van der Waals surface area contributed by atoms with Crippen LogP contribution in [0, 0.1) is 0 Å². The number of carbonyl (C=O) groups is 3. The first kappa shape index (κ1) is 56.1.